The first-order valence-corrected chi connectivity index (χ1v) is 5.46. The molecule has 5 aliphatic carbocycles. The third kappa shape index (κ3) is 0.278. The predicted octanol–water partition coefficient (Wildman–Crippen LogP) is 2.00. The number of rotatable bonds is 0. The number of allylic oxidation sites excluding steroid dienone is 1. The molecule has 0 heterocycles. The van der Waals surface area contributed by atoms with E-state index >= 15 is 0 Å². The number of hydrogen-bond donors (Lipinski definition) is 0. The maximum Gasteiger partial charge on any atom is -0.0101 e. The van der Waals surface area contributed by atoms with E-state index in [-0.39, 0.29) is 0 Å². The van der Waals surface area contributed by atoms with Gasteiger partial charge in [-0.3, -0.25) is 0 Å². The topological polar surface area (TPSA) is 0 Å². The molecule has 0 amide bonds. The normalized spacial score (nSPS) is 79.2. The van der Waals surface area contributed by atoms with E-state index in [9.17, 15) is 0 Å². The van der Waals surface area contributed by atoms with Crippen LogP contribution in [0.4, 0.5) is 0 Å². The summed E-state index contributed by atoms with van der Waals surface area (Å²) in [5.41, 5.74) is 1.21. The van der Waals surface area contributed by atoms with Gasteiger partial charge in [-0.05, 0) is 66.8 Å². The Morgan fingerprint density at radius 1 is 0.833 bits per heavy atom. The van der Waals surface area contributed by atoms with Crippen molar-refractivity contribution in [1.29, 1.82) is 0 Å². The van der Waals surface area contributed by atoms with Crippen molar-refractivity contribution in [2.75, 3.05) is 0 Å². The zero-order valence-electron chi connectivity index (χ0n) is 7.03. The van der Waals surface area contributed by atoms with E-state index in [0.717, 1.165) is 47.3 Å². The summed E-state index contributed by atoms with van der Waals surface area (Å²) >= 11 is 0. The Morgan fingerprint density at radius 3 is 2.50 bits per heavy atom. The maximum absolute atomic E-state index is 8.14. The van der Waals surface area contributed by atoms with Gasteiger partial charge in [-0.25, -0.2) is 0 Å². The Morgan fingerprint density at radius 2 is 1.58 bits per heavy atom. The molecule has 0 aliphatic heterocycles. The summed E-state index contributed by atoms with van der Waals surface area (Å²) in [5.74, 6) is 7.93. The largest absolute Gasteiger partial charge is 0.0544 e. The molecule has 60 valence electrons. The average molecular weight is 156 g/mol. The molecule has 5 rings (SSSR count). The van der Waals surface area contributed by atoms with Gasteiger partial charge >= 0.3 is 0 Å². The van der Waals surface area contributed by atoms with Crippen LogP contribution in [-0.2, 0) is 0 Å². The first kappa shape index (κ1) is 5.47. The minimum Gasteiger partial charge on any atom is -0.0544 e. The Hall–Kier alpha value is -0.260. The van der Waals surface area contributed by atoms with Gasteiger partial charge in [0, 0.05) is 0 Å². The van der Waals surface area contributed by atoms with Crippen LogP contribution in [0.25, 0.3) is 0 Å². The van der Waals surface area contributed by atoms with Gasteiger partial charge in [0.2, 0.25) is 0 Å². The lowest BCUT2D eigenvalue weighted by molar-refractivity contribution is 0.0412. The van der Waals surface area contributed by atoms with E-state index in [1.807, 2.05) is 0 Å². The lowest BCUT2D eigenvalue weighted by Gasteiger charge is -2.45. The molecule has 0 nitrogen and oxygen atoms in total. The standard InChI is InChI=1S/C12H12/c1-4-9-5-2-8-10(4)12-7(9)3-6(5)11(8)12/h5-12H,2-3H2. The highest BCUT2D eigenvalue weighted by molar-refractivity contribution is 5.37. The summed E-state index contributed by atoms with van der Waals surface area (Å²) < 4.78 is 0. The molecule has 2 radical (unpaired) electrons. The van der Waals surface area contributed by atoms with Crippen molar-refractivity contribution in [1.82, 2.24) is 0 Å². The summed E-state index contributed by atoms with van der Waals surface area (Å²) in [6, 6.07) is 0. The monoisotopic (exact) mass is 156 g/mol. The molecule has 5 saturated carbocycles. The minimum absolute atomic E-state index is 0.806. The highest BCUT2D eigenvalue weighted by atomic mass is 14.8. The molecule has 0 saturated heterocycles. The van der Waals surface area contributed by atoms with E-state index in [1.165, 1.54) is 18.4 Å². The fraction of sp³-hybridized carbons (Fsp3) is 0.833. The molecule has 0 N–H and O–H groups in total. The van der Waals surface area contributed by atoms with Gasteiger partial charge in [-0.2, -0.15) is 0 Å². The maximum atomic E-state index is 8.14. The molecule has 2 bridgehead atoms. The number of fused-ring (bicyclic) bond motifs is 2. The van der Waals surface area contributed by atoms with Gasteiger partial charge in [0.1, 0.15) is 0 Å². The highest BCUT2D eigenvalue weighted by Crippen LogP contribution is 2.84. The molecule has 0 aromatic rings. The average Bonchev–Trinajstić information content (AvgIpc) is 2.47. The van der Waals surface area contributed by atoms with Crippen molar-refractivity contribution in [3.8, 4) is 0 Å². The van der Waals surface area contributed by atoms with E-state index < -0.39 is 0 Å². The third-order valence-corrected chi connectivity index (χ3v) is 6.08. The van der Waals surface area contributed by atoms with Crippen LogP contribution in [0.2, 0.25) is 0 Å². The van der Waals surface area contributed by atoms with Gasteiger partial charge in [0.05, 0.1) is 0 Å². The van der Waals surface area contributed by atoms with Gasteiger partial charge in [-0.1, -0.05) is 5.57 Å². The van der Waals surface area contributed by atoms with Crippen LogP contribution < -0.4 is 0 Å². The van der Waals surface area contributed by atoms with Gasteiger partial charge < -0.3 is 0 Å². The fourth-order valence-electron chi connectivity index (χ4n) is 6.18. The molecule has 12 heavy (non-hydrogen) atoms. The van der Waals surface area contributed by atoms with Crippen LogP contribution >= 0.6 is 0 Å². The van der Waals surface area contributed by atoms with Crippen LogP contribution in [0.5, 0.6) is 0 Å². The summed E-state index contributed by atoms with van der Waals surface area (Å²) in [6.07, 6.45) is 3.06. The first-order chi connectivity index (χ1) is 5.88. The van der Waals surface area contributed by atoms with Crippen molar-refractivity contribution >= 4 is 0 Å². The molecule has 5 aliphatic rings. The Kier molecular flexibility index (Phi) is 0.562. The highest BCUT2D eigenvalue weighted by Gasteiger charge is 2.78. The predicted molar refractivity (Wildman–Crippen MR) is 43.9 cm³/mol. The zero-order valence-corrected chi connectivity index (χ0v) is 7.03. The summed E-state index contributed by atoms with van der Waals surface area (Å²) in [5, 5.41) is 0. The minimum atomic E-state index is 0.806. The summed E-state index contributed by atoms with van der Waals surface area (Å²) in [4.78, 5) is 0. The van der Waals surface area contributed by atoms with Crippen LogP contribution in [0.15, 0.2) is 5.57 Å². The van der Waals surface area contributed by atoms with Crippen LogP contribution in [0.1, 0.15) is 12.8 Å². The summed E-state index contributed by atoms with van der Waals surface area (Å²) in [7, 11) is 0. The molecule has 0 aromatic carbocycles. The third-order valence-electron chi connectivity index (χ3n) is 6.08. The Labute approximate surface area is 73.0 Å². The van der Waals surface area contributed by atoms with Gasteiger partial charge in [0.15, 0.2) is 0 Å². The lowest BCUT2D eigenvalue weighted by Crippen LogP contribution is -2.41. The van der Waals surface area contributed by atoms with Crippen molar-refractivity contribution in [2.24, 2.45) is 47.3 Å². The molecular formula is C12H12. The van der Waals surface area contributed by atoms with E-state index in [2.05, 4.69) is 0 Å². The second-order valence-electron chi connectivity index (χ2n) is 5.79. The first-order valence-electron chi connectivity index (χ1n) is 5.46. The number of hydrogen-bond acceptors (Lipinski definition) is 0. The molecule has 8 atom stereocenters. The SMILES string of the molecule is [C]=C1C2C3CC4C1C1C2CC3C41. The van der Waals surface area contributed by atoms with Crippen LogP contribution in [-0.4, -0.2) is 0 Å². The van der Waals surface area contributed by atoms with Crippen molar-refractivity contribution < 1.29 is 0 Å². The molecule has 8 unspecified atom stereocenters. The molecule has 5 fully saturated rings. The van der Waals surface area contributed by atoms with E-state index in [0.29, 0.717) is 0 Å². The lowest BCUT2D eigenvalue weighted by atomic mass is 9.59. The quantitative estimate of drug-likeness (QED) is 0.503. The second kappa shape index (κ2) is 1.23. The van der Waals surface area contributed by atoms with Crippen molar-refractivity contribution in [2.45, 2.75) is 12.8 Å². The molecule has 0 spiro atoms. The molecule has 0 heteroatoms. The molecule has 0 aromatic heterocycles. The van der Waals surface area contributed by atoms with Gasteiger partial charge in [-0.15, -0.1) is 0 Å². The van der Waals surface area contributed by atoms with Crippen LogP contribution in [0.3, 0.4) is 0 Å². The van der Waals surface area contributed by atoms with Crippen molar-refractivity contribution in [3.63, 3.8) is 0 Å². The smallest absolute Gasteiger partial charge is 0.0101 e. The van der Waals surface area contributed by atoms with Gasteiger partial charge in [0.25, 0.3) is 0 Å². The Bertz CT molecular complexity index is 310. The second-order valence-corrected chi connectivity index (χ2v) is 5.79. The molecular weight excluding hydrogens is 144 g/mol. The van der Waals surface area contributed by atoms with Crippen molar-refractivity contribution in [3.05, 3.63) is 12.2 Å². The zero-order chi connectivity index (χ0) is 7.61. The fourth-order valence-corrected chi connectivity index (χ4v) is 6.18. The van der Waals surface area contributed by atoms with E-state index in [4.69, 9.17) is 6.58 Å². The summed E-state index contributed by atoms with van der Waals surface area (Å²) in [6.45, 7) is 8.14. The van der Waals surface area contributed by atoms with E-state index in [1.54, 1.807) is 0 Å². The van der Waals surface area contributed by atoms with Crippen LogP contribution in [0, 0.1) is 53.9 Å². The Balaban J connectivity index is 1.91.